The summed E-state index contributed by atoms with van der Waals surface area (Å²) in [5.74, 6) is 0.583. The second-order valence-corrected chi connectivity index (χ2v) is 3.51. The number of rotatable bonds is 3. The Morgan fingerprint density at radius 2 is 1.83 bits per heavy atom. The van der Waals surface area contributed by atoms with E-state index in [-0.39, 0.29) is 0 Å². The van der Waals surface area contributed by atoms with E-state index in [1.165, 1.54) is 5.57 Å². The van der Waals surface area contributed by atoms with E-state index >= 15 is 0 Å². The van der Waals surface area contributed by atoms with Gasteiger partial charge in [0.25, 0.3) is 0 Å². The summed E-state index contributed by atoms with van der Waals surface area (Å²) in [5.41, 5.74) is 8.46. The molecule has 0 spiro atoms. The van der Waals surface area contributed by atoms with E-state index in [1.807, 2.05) is 6.92 Å². The van der Waals surface area contributed by atoms with Crippen molar-refractivity contribution in [2.24, 2.45) is 11.7 Å². The molecule has 0 radical (unpaired) electrons. The number of nitrogens with two attached hydrogens (primary N) is 1. The molecule has 0 bridgehead atoms. The molecule has 12 heavy (non-hydrogen) atoms. The van der Waals surface area contributed by atoms with Crippen molar-refractivity contribution < 1.29 is 0 Å². The van der Waals surface area contributed by atoms with Crippen LogP contribution in [0.25, 0.3) is 0 Å². The molecule has 0 atom stereocenters. The molecular weight excluding hydrogens is 146 g/mol. The van der Waals surface area contributed by atoms with Crippen LogP contribution < -0.4 is 5.73 Å². The highest BCUT2D eigenvalue weighted by molar-refractivity contribution is 5.31. The third-order valence-electron chi connectivity index (χ3n) is 1.55. The van der Waals surface area contributed by atoms with E-state index < -0.39 is 0 Å². The van der Waals surface area contributed by atoms with Crippen molar-refractivity contribution in [2.45, 2.75) is 27.7 Å². The van der Waals surface area contributed by atoms with Crippen LogP contribution in [-0.4, -0.2) is 0 Å². The largest absolute Gasteiger partial charge is 0.399 e. The first-order chi connectivity index (χ1) is 5.43. The molecule has 0 rings (SSSR count). The smallest absolute Gasteiger partial charge is 0.0270 e. The lowest BCUT2D eigenvalue weighted by Crippen LogP contribution is -1.95. The van der Waals surface area contributed by atoms with Crippen molar-refractivity contribution in [1.82, 2.24) is 0 Å². The Kier molecular flexibility index (Phi) is 4.42. The summed E-state index contributed by atoms with van der Waals surface area (Å²) in [7, 11) is 0. The van der Waals surface area contributed by atoms with Gasteiger partial charge in [-0.25, -0.2) is 0 Å². The van der Waals surface area contributed by atoms with Gasteiger partial charge in [0.2, 0.25) is 0 Å². The SMILES string of the molecule is C=C(N)/C(C)=C/C(C)=C\C(C)C. The van der Waals surface area contributed by atoms with Crippen molar-refractivity contribution in [1.29, 1.82) is 0 Å². The molecular formula is C11H19N. The molecule has 0 aliphatic carbocycles. The molecule has 0 heterocycles. The predicted molar refractivity (Wildman–Crippen MR) is 55.7 cm³/mol. The molecule has 1 heteroatoms. The van der Waals surface area contributed by atoms with E-state index in [0.717, 1.165) is 5.57 Å². The van der Waals surface area contributed by atoms with Gasteiger partial charge in [0.1, 0.15) is 0 Å². The topological polar surface area (TPSA) is 26.0 Å². The standard InChI is InChI=1S/C11H19N/c1-8(2)6-9(3)7-10(4)11(5)12/h6-8H,5,12H2,1-4H3/b9-6-,10-7+. The monoisotopic (exact) mass is 165 g/mol. The maximum absolute atomic E-state index is 5.53. The Morgan fingerprint density at radius 3 is 2.17 bits per heavy atom. The Morgan fingerprint density at radius 1 is 1.33 bits per heavy atom. The number of hydrogen-bond donors (Lipinski definition) is 1. The van der Waals surface area contributed by atoms with E-state index in [2.05, 4.69) is 39.5 Å². The van der Waals surface area contributed by atoms with Crippen molar-refractivity contribution in [2.75, 3.05) is 0 Å². The summed E-state index contributed by atoms with van der Waals surface area (Å²) in [6.45, 7) is 12.0. The van der Waals surface area contributed by atoms with Crippen LogP contribution in [0.5, 0.6) is 0 Å². The highest BCUT2D eigenvalue weighted by Gasteiger charge is 1.92. The molecule has 0 aromatic carbocycles. The van der Waals surface area contributed by atoms with Gasteiger partial charge in [0.05, 0.1) is 0 Å². The number of hydrogen-bond acceptors (Lipinski definition) is 1. The Labute approximate surface area is 75.7 Å². The second-order valence-electron chi connectivity index (χ2n) is 3.51. The molecule has 0 saturated carbocycles. The lowest BCUT2D eigenvalue weighted by molar-refractivity contribution is 0.825. The summed E-state index contributed by atoms with van der Waals surface area (Å²) in [6, 6.07) is 0. The molecule has 0 saturated heterocycles. The molecule has 68 valence electrons. The van der Waals surface area contributed by atoms with Crippen LogP contribution in [0.4, 0.5) is 0 Å². The summed E-state index contributed by atoms with van der Waals surface area (Å²) < 4.78 is 0. The average Bonchev–Trinajstić information content (AvgIpc) is 1.84. The zero-order valence-corrected chi connectivity index (χ0v) is 8.52. The molecule has 0 fully saturated rings. The molecule has 0 aliphatic heterocycles. The van der Waals surface area contributed by atoms with Crippen molar-refractivity contribution in [3.8, 4) is 0 Å². The van der Waals surface area contributed by atoms with Crippen LogP contribution in [0.1, 0.15) is 27.7 Å². The minimum Gasteiger partial charge on any atom is -0.399 e. The molecule has 0 amide bonds. The van der Waals surface area contributed by atoms with Gasteiger partial charge in [-0.05, 0) is 25.3 Å². The van der Waals surface area contributed by atoms with E-state index in [1.54, 1.807) is 0 Å². The fraction of sp³-hybridized carbons (Fsp3) is 0.455. The molecule has 0 aliphatic rings. The van der Waals surface area contributed by atoms with Gasteiger partial charge in [-0.3, -0.25) is 0 Å². The fourth-order valence-electron chi connectivity index (χ4n) is 1.01. The van der Waals surface area contributed by atoms with Crippen LogP contribution in [0, 0.1) is 5.92 Å². The molecule has 0 aromatic heterocycles. The van der Waals surface area contributed by atoms with Crippen molar-refractivity contribution in [3.63, 3.8) is 0 Å². The Bertz CT molecular complexity index is 219. The Hall–Kier alpha value is -0.980. The van der Waals surface area contributed by atoms with Crippen LogP contribution in [0.15, 0.2) is 35.6 Å². The second kappa shape index (κ2) is 4.81. The maximum Gasteiger partial charge on any atom is 0.0270 e. The minimum atomic E-state index is 0.583. The zero-order chi connectivity index (χ0) is 9.72. The summed E-state index contributed by atoms with van der Waals surface area (Å²) in [4.78, 5) is 0. The van der Waals surface area contributed by atoms with E-state index in [4.69, 9.17) is 5.73 Å². The lowest BCUT2D eigenvalue weighted by Gasteiger charge is -2.01. The van der Waals surface area contributed by atoms with Crippen LogP contribution in [-0.2, 0) is 0 Å². The van der Waals surface area contributed by atoms with Crippen molar-refractivity contribution in [3.05, 3.63) is 35.6 Å². The van der Waals surface area contributed by atoms with Gasteiger partial charge in [-0.15, -0.1) is 0 Å². The van der Waals surface area contributed by atoms with Gasteiger partial charge in [0, 0.05) is 5.70 Å². The average molecular weight is 165 g/mol. The first kappa shape index (κ1) is 11.0. The van der Waals surface area contributed by atoms with Crippen LogP contribution in [0.2, 0.25) is 0 Å². The van der Waals surface area contributed by atoms with Gasteiger partial charge in [0.15, 0.2) is 0 Å². The zero-order valence-electron chi connectivity index (χ0n) is 8.52. The maximum atomic E-state index is 5.53. The van der Waals surface area contributed by atoms with E-state index in [9.17, 15) is 0 Å². The molecule has 0 aromatic rings. The highest BCUT2D eigenvalue weighted by atomic mass is 14.6. The Balaban J connectivity index is 4.43. The van der Waals surface area contributed by atoms with Gasteiger partial charge in [-0.1, -0.05) is 38.2 Å². The first-order valence-corrected chi connectivity index (χ1v) is 4.25. The lowest BCUT2D eigenvalue weighted by atomic mass is 10.1. The molecule has 2 N–H and O–H groups in total. The summed E-state index contributed by atoms with van der Waals surface area (Å²) in [5, 5.41) is 0. The first-order valence-electron chi connectivity index (χ1n) is 4.25. The molecule has 1 nitrogen and oxygen atoms in total. The van der Waals surface area contributed by atoms with Crippen LogP contribution >= 0.6 is 0 Å². The summed E-state index contributed by atoms with van der Waals surface area (Å²) in [6.07, 6.45) is 4.26. The van der Waals surface area contributed by atoms with Gasteiger partial charge < -0.3 is 5.73 Å². The van der Waals surface area contributed by atoms with Gasteiger partial charge in [-0.2, -0.15) is 0 Å². The summed E-state index contributed by atoms with van der Waals surface area (Å²) >= 11 is 0. The normalized spacial score (nSPS) is 13.8. The quantitative estimate of drug-likeness (QED) is 0.639. The van der Waals surface area contributed by atoms with E-state index in [0.29, 0.717) is 11.6 Å². The third-order valence-corrected chi connectivity index (χ3v) is 1.55. The fourth-order valence-corrected chi connectivity index (χ4v) is 1.01. The number of allylic oxidation sites excluding steroid dienone is 4. The van der Waals surface area contributed by atoms with Gasteiger partial charge >= 0.3 is 0 Å². The highest BCUT2D eigenvalue weighted by Crippen LogP contribution is 2.08. The van der Waals surface area contributed by atoms with Crippen molar-refractivity contribution >= 4 is 0 Å². The van der Waals surface area contributed by atoms with Crippen LogP contribution in [0.3, 0.4) is 0 Å². The third kappa shape index (κ3) is 4.78. The predicted octanol–water partition coefficient (Wildman–Crippen LogP) is 3.01. The minimum absolute atomic E-state index is 0.583. The molecule has 0 unspecified atom stereocenters.